The molecule has 0 heterocycles. The molecule has 0 atom stereocenters. The van der Waals surface area contributed by atoms with E-state index in [0.29, 0.717) is 39.6 Å². The van der Waals surface area contributed by atoms with Crippen molar-refractivity contribution in [3.63, 3.8) is 0 Å². The fourth-order valence-electron chi connectivity index (χ4n) is 3.29. The van der Waals surface area contributed by atoms with E-state index in [1.54, 1.807) is 18.2 Å². The summed E-state index contributed by atoms with van der Waals surface area (Å²) in [6.45, 7) is 0.494. The van der Waals surface area contributed by atoms with Gasteiger partial charge >= 0.3 is 0 Å². The first-order valence-corrected chi connectivity index (χ1v) is 12.2. The maximum absolute atomic E-state index is 12.6. The average molecular weight is 588 g/mol. The molecule has 0 bridgehead atoms. The van der Waals surface area contributed by atoms with Gasteiger partial charge < -0.3 is 18.9 Å². The highest BCUT2D eigenvalue weighted by Crippen LogP contribution is 2.38. The largest absolute Gasteiger partial charge is 0.493 e. The van der Waals surface area contributed by atoms with Gasteiger partial charge in [0.25, 0.3) is 11.8 Å². The van der Waals surface area contributed by atoms with E-state index < -0.39 is 11.8 Å². The summed E-state index contributed by atoms with van der Waals surface area (Å²) < 4.78 is 22.2. The van der Waals surface area contributed by atoms with Crippen LogP contribution in [-0.2, 0) is 6.42 Å². The molecule has 2 amide bonds. The van der Waals surface area contributed by atoms with Crippen molar-refractivity contribution >= 4 is 45.1 Å². The molecule has 0 aliphatic carbocycles. The minimum absolute atomic E-state index is 0.0925. The Bertz CT molecular complexity index is 1250. The number of halogens is 1. The predicted octanol–water partition coefficient (Wildman–Crippen LogP) is 4.05. The Morgan fingerprint density at radius 2 is 1.49 bits per heavy atom. The summed E-state index contributed by atoms with van der Waals surface area (Å²) in [5.74, 6) is 0.621. The number of benzene rings is 3. The van der Waals surface area contributed by atoms with Gasteiger partial charge in [-0.2, -0.15) is 0 Å². The van der Waals surface area contributed by atoms with Gasteiger partial charge in [-0.25, -0.2) is 0 Å². The smallest absolute Gasteiger partial charge is 0.269 e. The van der Waals surface area contributed by atoms with Crippen LogP contribution in [0, 0.1) is 0 Å². The molecule has 194 valence electrons. The van der Waals surface area contributed by atoms with Crippen molar-refractivity contribution in [1.29, 1.82) is 0 Å². The van der Waals surface area contributed by atoms with Crippen molar-refractivity contribution in [2.75, 3.05) is 27.9 Å². The van der Waals surface area contributed by atoms with Gasteiger partial charge in [-0.15, -0.1) is 0 Å². The Morgan fingerprint density at radius 3 is 2.08 bits per heavy atom. The standard InChI is InChI=1S/C26H26BrN3O6S/c1-33-21-14-18(15-22(34-2)23(21)35-3)25(32)29-30-26(37)28-24(31)17-9-10-20(19(27)13-17)36-12-11-16-7-5-4-6-8-16/h4-10,13-15H,11-12H2,1-3H3,(H,29,32)(H2,28,30,31,37). The Morgan fingerprint density at radius 1 is 0.811 bits per heavy atom. The highest BCUT2D eigenvalue weighted by molar-refractivity contribution is 9.10. The van der Waals surface area contributed by atoms with Crippen molar-refractivity contribution in [3.8, 4) is 23.0 Å². The lowest BCUT2D eigenvalue weighted by Gasteiger charge is -2.15. The summed E-state index contributed by atoms with van der Waals surface area (Å²) in [7, 11) is 4.36. The van der Waals surface area contributed by atoms with Crippen LogP contribution in [0.5, 0.6) is 23.0 Å². The highest BCUT2D eigenvalue weighted by atomic mass is 79.9. The molecule has 3 N–H and O–H groups in total. The number of rotatable bonds is 9. The van der Waals surface area contributed by atoms with E-state index in [1.807, 2.05) is 30.3 Å². The summed E-state index contributed by atoms with van der Waals surface area (Å²) in [6.07, 6.45) is 0.761. The zero-order valence-electron chi connectivity index (χ0n) is 20.4. The second-order valence-corrected chi connectivity index (χ2v) is 8.77. The zero-order chi connectivity index (χ0) is 26.8. The lowest BCUT2D eigenvalue weighted by atomic mass is 10.1. The van der Waals surface area contributed by atoms with Gasteiger partial charge in [-0.05, 0) is 64.0 Å². The SMILES string of the molecule is COc1cc(C(=O)NNC(=S)NC(=O)c2ccc(OCCc3ccccc3)c(Br)c2)cc(OC)c1OC. The van der Waals surface area contributed by atoms with E-state index in [-0.39, 0.29) is 10.7 Å². The molecule has 0 unspecified atom stereocenters. The van der Waals surface area contributed by atoms with Crippen LogP contribution in [0.1, 0.15) is 26.3 Å². The summed E-state index contributed by atoms with van der Waals surface area (Å²) in [6, 6.07) is 17.9. The van der Waals surface area contributed by atoms with Crippen LogP contribution in [-0.4, -0.2) is 44.9 Å². The molecule has 11 heteroatoms. The summed E-state index contributed by atoms with van der Waals surface area (Å²) in [4.78, 5) is 25.2. The fourth-order valence-corrected chi connectivity index (χ4v) is 3.92. The van der Waals surface area contributed by atoms with Crippen LogP contribution < -0.4 is 35.1 Å². The molecule has 0 saturated heterocycles. The number of carbonyl (C=O) groups is 2. The van der Waals surface area contributed by atoms with Crippen molar-refractivity contribution in [2.45, 2.75) is 6.42 Å². The molecule has 0 aromatic heterocycles. The number of nitrogens with one attached hydrogen (secondary N) is 3. The van der Waals surface area contributed by atoms with Gasteiger partial charge in [0.2, 0.25) is 5.75 Å². The first-order chi connectivity index (χ1) is 17.9. The highest BCUT2D eigenvalue weighted by Gasteiger charge is 2.17. The van der Waals surface area contributed by atoms with E-state index in [0.717, 1.165) is 6.42 Å². The molecule has 0 radical (unpaired) electrons. The maximum atomic E-state index is 12.6. The summed E-state index contributed by atoms with van der Waals surface area (Å²) in [5, 5.41) is 2.42. The third-order valence-electron chi connectivity index (χ3n) is 5.13. The van der Waals surface area contributed by atoms with Crippen LogP contribution in [0.15, 0.2) is 65.1 Å². The van der Waals surface area contributed by atoms with Crippen LogP contribution in [0.3, 0.4) is 0 Å². The molecule has 3 aromatic carbocycles. The molecular weight excluding hydrogens is 562 g/mol. The summed E-state index contributed by atoms with van der Waals surface area (Å²) >= 11 is 8.57. The number of hydrogen-bond acceptors (Lipinski definition) is 7. The Labute approximate surface area is 228 Å². The molecule has 0 spiro atoms. The molecule has 9 nitrogen and oxygen atoms in total. The normalized spacial score (nSPS) is 10.2. The third kappa shape index (κ3) is 7.58. The fraction of sp³-hybridized carbons (Fsp3) is 0.192. The van der Waals surface area contributed by atoms with Crippen molar-refractivity contribution in [2.24, 2.45) is 0 Å². The van der Waals surface area contributed by atoms with E-state index in [2.05, 4.69) is 32.1 Å². The zero-order valence-corrected chi connectivity index (χ0v) is 22.8. The molecule has 3 aromatic rings. The lowest BCUT2D eigenvalue weighted by Crippen LogP contribution is -2.48. The van der Waals surface area contributed by atoms with Gasteiger partial charge in [0.15, 0.2) is 16.6 Å². The topological polar surface area (TPSA) is 107 Å². The monoisotopic (exact) mass is 587 g/mol. The van der Waals surface area contributed by atoms with Crippen molar-refractivity contribution in [3.05, 3.63) is 81.8 Å². The molecule has 37 heavy (non-hydrogen) atoms. The minimum atomic E-state index is -0.532. The second-order valence-electron chi connectivity index (χ2n) is 7.51. The Kier molecular flexibility index (Phi) is 10.1. The molecule has 0 saturated carbocycles. The van der Waals surface area contributed by atoms with Crippen molar-refractivity contribution in [1.82, 2.24) is 16.2 Å². The lowest BCUT2D eigenvalue weighted by molar-refractivity contribution is 0.0934. The molecule has 0 aliphatic heterocycles. The quantitative estimate of drug-likeness (QED) is 0.254. The van der Waals surface area contributed by atoms with E-state index in [1.165, 1.54) is 39.0 Å². The first-order valence-electron chi connectivity index (χ1n) is 11.0. The second kappa shape index (κ2) is 13.5. The number of methoxy groups -OCH3 is 3. The maximum Gasteiger partial charge on any atom is 0.269 e. The molecular formula is C26H26BrN3O6S. The predicted molar refractivity (Wildman–Crippen MR) is 147 cm³/mol. The minimum Gasteiger partial charge on any atom is -0.493 e. The Balaban J connectivity index is 1.53. The van der Waals surface area contributed by atoms with Crippen LogP contribution in [0.25, 0.3) is 0 Å². The Hall–Kier alpha value is -3.83. The first kappa shape index (κ1) is 27.8. The van der Waals surface area contributed by atoms with Crippen molar-refractivity contribution < 1.29 is 28.5 Å². The van der Waals surface area contributed by atoms with E-state index >= 15 is 0 Å². The van der Waals surface area contributed by atoms with E-state index in [9.17, 15) is 9.59 Å². The average Bonchev–Trinajstić information content (AvgIpc) is 2.92. The molecule has 3 rings (SSSR count). The van der Waals surface area contributed by atoms with Crippen LogP contribution in [0.4, 0.5) is 0 Å². The van der Waals surface area contributed by atoms with E-state index in [4.69, 9.17) is 31.2 Å². The molecule has 0 aliphatic rings. The van der Waals surface area contributed by atoms with Gasteiger partial charge in [0.05, 0.1) is 32.4 Å². The number of hydrogen-bond donors (Lipinski definition) is 3. The van der Waals surface area contributed by atoms with Gasteiger partial charge in [0, 0.05) is 17.5 Å². The third-order valence-corrected chi connectivity index (χ3v) is 5.95. The number of amides is 2. The van der Waals surface area contributed by atoms with Crippen LogP contribution >= 0.6 is 28.1 Å². The number of carbonyl (C=O) groups excluding carboxylic acids is 2. The summed E-state index contributed by atoms with van der Waals surface area (Å²) in [5.41, 5.74) is 6.68. The van der Waals surface area contributed by atoms with Gasteiger partial charge in [-0.1, -0.05) is 30.3 Å². The number of ether oxygens (including phenoxy) is 4. The number of thiocarbonyl (C=S) groups is 1. The van der Waals surface area contributed by atoms with Gasteiger partial charge in [0.1, 0.15) is 5.75 Å². The van der Waals surface area contributed by atoms with Crippen LogP contribution in [0.2, 0.25) is 0 Å². The molecule has 0 fully saturated rings. The number of hydrazine groups is 1. The van der Waals surface area contributed by atoms with Gasteiger partial charge in [-0.3, -0.25) is 25.8 Å².